The molecule has 0 aromatic carbocycles. The number of hydrogen-bond acceptors (Lipinski definition) is 0. The molecule has 0 heterocycles. The lowest BCUT2D eigenvalue weighted by atomic mass is 10.0. The fourth-order valence-electron chi connectivity index (χ4n) is 0.500. The van der Waals surface area contributed by atoms with Crippen molar-refractivity contribution in [2.75, 3.05) is 0 Å². The Morgan fingerprint density at radius 2 is 1.58 bits per heavy atom. The van der Waals surface area contributed by atoms with Crippen molar-refractivity contribution in [2.24, 2.45) is 0 Å². The first kappa shape index (κ1) is 11.3. The van der Waals surface area contributed by atoms with Crippen LogP contribution in [0.25, 0.3) is 0 Å². The summed E-state index contributed by atoms with van der Waals surface area (Å²) in [6, 6.07) is 0. The van der Waals surface area contributed by atoms with E-state index in [4.69, 9.17) is 0 Å². The summed E-state index contributed by atoms with van der Waals surface area (Å²) in [5.74, 6) is 0. The summed E-state index contributed by atoms with van der Waals surface area (Å²) in [6.45, 7) is 4.45. The zero-order valence-corrected chi connectivity index (χ0v) is 5.71. The van der Waals surface area contributed by atoms with Gasteiger partial charge in [0.15, 0.2) is 0 Å². The quantitative estimate of drug-likeness (QED) is 0.601. The number of allylic oxidation sites excluding steroid dienone is 1. The van der Waals surface area contributed by atoms with Crippen LogP contribution < -0.4 is 0 Å². The van der Waals surface area contributed by atoms with Gasteiger partial charge in [-0.1, -0.05) is 12.7 Å². The van der Waals surface area contributed by atoms with E-state index >= 15 is 0 Å². The summed E-state index contributed by atoms with van der Waals surface area (Å²) >= 11 is 0. The second-order valence-corrected chi connectivity index (χ2v) is 2.10. The second-order valence-electron chi connectivity index (χ2n) is 2.10. The third-order valence-corrected chi connectivity index (χ3v) is 1.23. The van der Waals surface area contributed by atoms with Crippen molar-refractivity contribution in [1.82, 2.24) is 0 Å². The molecule has 0 aliphatic rings. The van der Waals surface area contributed by atoms with Crippen LogP contribution in [-0.2, 0) is 0 Å². The van der Waals surface area contributed by atoms with Crippen LogP contribution in [-0.4, -0.2) is 18.3 Å². The van der Waals surface area contributed by atoms with Gasteiger partial charge in [-0.05, 0) is 0 Å². The Balaban J connectivity index is 4.73. The van der Waals surface area contributed by atoms with Gasteiger partial charge in [-0.15, -0.1) is 0 Å². The smallest absolute Gasteiger partial charge is 0.227 e. The monoisotopic (exact) mass is 191 g/mol. The van der Waals surface area contributed by atoms with E-state index in [9.17, 15) is 26.3 Å². The molecule has 0 rings (SSSR count). The number of alkyl halides is 6. The normalized spacial score (nSPS) is 17.6. The Kier molecular flexibility index (Phi) is 3.17. The highest BCUT2D eigenvalue weighted by molar-refractivity contribution is 4.94. The first-order valence-corrected chi connectivity index (χ1v) is 2.83. The van der Waals surface area contributed by atoms with Crippen LogP contribution in [0.4, 0.5) is 26.3 Å². The van der Waals surface area contributed by atoms with E-state index in [1.54, 1.807) is 0 Å². The molecule has 0 aromatic rings. The largest absolute Gasteiger partial charge is 0.428 e. The lowest BCUT2D eigenvalue weighted by Crippen LogP contribution is -2.46. The first-order chi connectivity index (χ1) is 5.25. The van der Waals surface area contributed by atoms with Crippen LogP contribution in [0.3, 0.4) is 0 Å². The maximum absolute atomic E-state index is 12.4. The van der Waals surface area contributed by atoms with E-state index in [-0.39, 0.29) is 6.08 Å². The molecule has 0 spiro atoms. The van der Waals surface area contributed by atoms with E-state index in [0.717, 1.165) is 0 Å². The van der Waals surface area contributed by atoms with E-state index in [2.05, 4.69) is 6.58 Å². The van der Waals surface area contributed by atoms with Crippen LogP contribution in [0.5, 0.6) is 0 Å². The molecule has 71 valence electrons. The standard InChI is InChI=1S/C6H5F6/c1-2-3-5(9,4(7)8)6(10,11)12/h1-2,4H,3H2. The zero-order valence-electron chi connectivity index (χ0n) is 5.71. The Labute approximate surface area is 64.9 Å². The van der Waals surface area contributed by atoms with Crippen LogP contribution in [0.15, 0.2) is 6.08 Å². The summed E-state index contributed by atoms with van der Waals surface area (Å²) in [7, 11) is 0. The third-order valence-electron chi connectivity index (χ3n) is 1.23. The van der Waals surface area contributed by atoms with Crippen LogP contribution in [0, 0.1) is 6.58 Å². The van der Waals surface area contributed by atoms with Crippen LogP contribution in [0.1, 0.15) is 6.42 Å². The van der Waals surface area contributed by atoms with Gasteiger partial charge in [0.2, 0.25) is 0 Å². The fourth-order valence-corrected chi connectivity index (χ4v) is 0.500. The third kappa shape index (κ3) is 1.92. The molecule has 0 aliphatic carbocycles. The first-order valence-electron chi connectivity index (χ1n) is 2.83. The summed E-state index contributed by atoms with van der Waals surface area (Å²) < 4.78 is 70.5. The van der Waals surface area contributed by atoms with Crippen molar-refractivity contribution in [3.05, 3.63) is 12.7 Å². The molecule has 0 saturated carbocycles. The van der Waals surface area contributed by atoms with Gasteiger partial charge in [0.05, 0.1) is 0 Å². The molecule has 0 bridgehead atoms. The molecule has 1 unspecified atom stereocenters. The van der Waals surface area contributed by atoms with E-state index < -0.39 is 24.7 Å². The van der Waals surface area contributed by atoms with Crippen molar-refractivity contribution in [3.8, 4) is 0 Å². The SMILES string of the molecule is [CH]=CCC(F)(C(F)F)C(F)(F)F. The average molecular weight is 191 g/mol. The van der Waals surface area contributed by atoms with Gasteiger partial charge in [0.25, 0.3) is 12.1 Å². The highest BCUT2D eigenvalue weighted by atomic mass is 19.4. The summed E-state index contributed by atoms with van der Waals surface area (Å²) in [5, 5.41) is 0. The summed E-state index contributed by atoms with van der Waals surface area (Å²) in [5.41, 5.74) is -4.53. The predicted octanol–water partition coefficient (Wildman–Crippen LogP) is 2.90. The predicted molar refractivity (Wildman–Crippen MR) is 29.4 cm³/mol. The highest BCUT2D eigenvalue weighted by Gasteiger charge is 2.61. The van der Waals surface area contributed by atoms with Gasteiger partial charge in [-0.2, -0.15) is 13.2 Å². The average Bonchev–Trinajstić information content (AvgIpc) is 1.85. The van der Waals surface area contributed by atoms with Crippen molar-refractivity contribution < 1.29 is 26.3 Å². The van der Waals surface area contributed by atoms with Crippen molar-refractivity contribution in [1.29, 1.82) is 0 Å². The minimum absolute atomic E-state index is 0.222. The molecule has 0 aliphatic heterocycles. The maximum atomic E-state index is 12.4. The Bertz CT molecular complexity index is 160. The molecule has 1 atom stereocenters. The van der Waals surface area contributed by atoms with Crippen LogP contribution >= 0.6 is 0 Å². The number of hydrogen-bond donors (Lipinski definition) is 0. The molecule has 12 heavy (non-hydrogen) atoms. The van der Waals surface area contributed by atoms with E-state index in [0.29, 0.717) is 0 Å². The lowest BCUT2D eigenvalue weighted by Gasteiger charge is -2.25. The van der Waals surface area contributed by atoms with E-state index in [1.165, 1.54) is 0 Å². The number of halogens is 6. The van der Waals surface area contributed by atoms with Gasteiger partial charge >= 0.3 is 6.18 Å². The van der Waals surface area contributed by atoms with Gasteiger partial charge in [0, 0.05) is 6.42 Å². The molecule has 0 aromatic heterocycles. The molecule has 6 heteroatoms. The van der Waals surface area contributed by atoms with Gasteiger partial charge in [0.1, 0.15) is 0 Å². The van der Waals surface area contributed by atoms with Crippen molar-refractivity contribution >= 4 is 0 Å². The minimum Gasteiger partial charge on any atom is -0.227 e. The van der Waals surface area contributed by atoms with Crippen LogP contribution in [0.2, 0.25) is 0 Å². The molecular weight excluding hydrogens is 186 g/mol. The maximum Gasteiger partial charge on any atom is 0.428 e. The molecule has 0 saturated heterocycles. The molecule has 1 radical (unpaired) electrons. The summed E-state index contributed by atoms with van der Waals surface area (Å²) in [6.07, 6.45) is -11.1. The Hall–Kier alpha value is -0.680. The second kappa shape index (κ2) is 3.37. The van der Waals surface area contributed by atoms with Gasteiger partial charge in [-0.3, -0.25) is 0 Å². The number of rotatable bonds is 3. The highest BCUT2D eigenvalue weighted by Crippen LogP contribution is 2.41. The van der Waals surface area contributed by atoms with Gasteiger partial charge in [-0.25, -0.2) is 13.2 Å². The zero-order chi connectivity index (χ0) is 9.99. The molecule has 0 fully saturated rings. The molecular formula is C6H5F6. The fraction of sp³-hybridized carbons (Fsp3) is 0.667. The van der Waals surface area contributed by atoms with Crippen molar-refractivity contribution in [2.45, 2.75) is 24.7 Å². The topological polar surface area (TPSA) is 0 Å². The summed E-state index contributed by atoms with van der Waals surface area (Å²) in [4.78, 5) is 0. The molecule has 0 nitrogen and oxygen atoms in total. The van der Waals surface area contributed by atoms with Gasteiger partial charge < -0.3 is 0 Å². The van der Waals surface area contributed by atoms with Crippen molar-refractivity contribution in [3.63, 3.8) is 0 Å². The Morgan fingerprint density at radius 1 is 1.17 bits per heavy atom. The Morgan fingerprint density at radius 3 is 1.67 bits per heavy atom. The van der Waals surface area contributed by atoms with E-state index in [1.807, 2.05) is 0 Å². The lowest BCUT2D eigenvalue weighted by molar-refractivity contribution is -0.266. The molecule has 0 amide bonds. The minimum atomic E-state index is -5.60. The molecule has 0 N–H and O–H groups in total.